The molecule has 0 aliphatic carbocycles. The summed E-state index contributed by atoms with van der Waals surface area (Å²) in [5.41, 5.74) is 1.15. The Kier molecular flexibility index (Phi) is 6.43. The molecule has 0 aliphatic rings. The summed E-state index contributed by atoms with van der Waals surface area (Å²) in [5.74, 6) is 0.612. The van der Waals surface area contributed by atoms with Gasteiger partial charge in [0, 0.05) is 4.47 Å². The number of esters is 1. The summed E-state index contributed by atoms with van der Waals surface area (Å²) in [4.78, 5) is 28.8. The van der Waals surface area contributed by atoms with Crippen LogP contribution < -0.4 is 10.3 Å². The van der Waals surface area contributed by atoms with Gasteiger partial charge in [-0.2, -0.15) is 9.78 Å². The number of rotatable bonds is 6. The maximum Gasteiger partial charge on any atom is 0.347 e. The molecule has 0 saturated heterocycles. The topological polar surface area (TPSA) is 82.8 Å². The second-order valence-corrected chi connectivity index (χ2v) is 7.18. The Morgan fingerprint density at radius 3 is 2.69 bits per heavy atom. The van der Waals surface area contributed by atoms with Gasteiger partial charge in [-0.1, -0.05) is 15.9 Å². The number of aromatic nitrogens is 2. The van der Waals surface area contributed by atoms with Gasteiger partial charge in [0.2, 0.25) is 0 Å². The number of ether oxygens (including phenoxy) is 2. The van der Waals surface area contributed by atoms with Crippen LogP contribution in [0.2, 0.25) is 0 Å². The van der Waals surface area contributed by atoms with E-state index in [2.05, 4.69) is 26.0 Å². The van der Waals surface area contributed by atoms with Crippen LogP contribution in [-0.4, -0.2) is 34.6 Å². The first-order chi connectivity index (χ1) is 13.9. The molecular formula is C21H20BrN3O4. The Bertz CT molecular complexity index is 1120. The van der Waals surface area contributed by atoms with E-state index in [0.717, 1.165) is 10.0 Å². The van der Waals surface area contributed by atoms with Gasteiger partial charge in [0.15, 0.2) is 6.10 Å². The minimum atomic E-state index is -0.696. The Hall–Kier alpha value is -3.00. The van der Waals surface area contributed by atoms with Gasteiger partial charge in [0.25, 0.3) is 5.56 Å². The van der Waals surface area contributed by atoms with E-state index in [1.54, 1.807) is 63.4 Å². The first kappa shape index (κ1) is 20.7. The van der Waals surface area contributed by atoms with Gasteiger partial charge in [0.05, 0.1) is 23.7 Å². The van der Waals surface area contributed by atoms with E-state index in [-0.39, 0.29) is 5.56 Å². The Balaban J connectivity index is 1.80. The SMILES string of the molecule is CCOC(=O)[C@H](C)Oc1ccc(C=Nn2c(C)nc3ccc(Br)cc3c2=O)cc1. The van der Waals surface area contributed by atoms with Crippen molar-refractivity contribution in [2.24, 2.45) is 5.10 Å². The van der Waals surface area contributed by atoms with Crippen LogP contribution in [0.5, 0.6) is 5.75 Å². The van der Waals surface area contributed by atoms with Crippen molar-refractivity contribution in [2.45, 2.75) is 26.9 Å². The van der Waals surface area contributed by atoms with Gasteiger partial charge < -0.3 is 9.47 Å². The molecule has 0 bridgehead atoms. The van der Waals surface area contributed by atoms with Crippen LogP contribution >= 0.6 is 15.9 Å². The van der Waals surface area contributed by atoms with E-state index in [1.165, 1.54) is 4.68 Å². The van der Waals surface area contributed by atoms with Crippen LogP contribution in [-0.2, 0) is 9.53 Å². The molecule has 2 aromatic carbocycles. The van der Waals surface area contributed by atoms with Crippen molar-refractivity contribution in [3.8, 4) is 5.75 Å². The largest absolute Gasteiger partial charge is 0.479 e. The summed E-state index contributed by atoms with van der Waals surface area (Å²) in [6, 6.07) is 12.4. The second-order valence-electron chi connectivity index (χ2n) is 6.26. The average Bonchev–Trinajstić information content (AvgIpc) is 2.70. The van der Waals surface area contributed by atoms with E-state index in [0.29, 0.717) is 29.1 Å². The van der Waals surface area contributed by atoms with Crippen molar-refractivity contribution in [1.29, 1.82) is 0 Å². The van der Waals surface area contributed by atoms with Gasteiger partial charge >= 0.3 is 5.97 Å². The van der Waals surface area contributed by atoms with Crippen molar-refractivity contribution in [3.63, 3.8) is 0 Å². The lowest BCUT2D eigenvalue weighted by Crippen LogP contribution is -2.26. The van der Waals surface area contributed by atoms with E-state index in [4.69, 9.17) is 9.47 Å². The van der Waals surface area contributed by atoms with Crippen molar-refractivity contribution in [1.82, 2.24) is 9.66 Å². The van der Waals surface area contributed by atoms with E-state index < -0.39 is 12.1 Å². The number of nitrogens with zero attached hydrogens (tertiary/aromatic N) is 3. The normalized spacial score (nSPS) is 12.3. The van der Waals surface area contributed by atoms with Gasteiger partial charge in [-0.15, -0.1) is 0 Å². The Morgan fingerprint density at radius 1 is 1.28 bits per heavy atom. The number of hydrogen-bond acceptors (Lipinski definition) is 6. The maximum absolute atomic E-state index is 12.7. The molecule has 0 fully saturated rings. The molecule has 7 nitrogen and oxygen atoms in total. The van der Waals surface area contributed by atoms with Crippen molar-refractivity contribution < 1.29 is 14.3 Å². The highest BCUT2D eigenvalue weighted by Gasteiger charge is 2.15. The minimum Gasteiger partial charge on any atom is -0.479 e. The molecule has 1 aromatic heterocycles. The number of carbonyl (C=O) groups excluding carboxylic acids is 1. The zero-order valence-corrected chi connectivity index (χ0v) is 17.8. The molecule has 29 heavy (non-hydrogen) atoms. The average molecular weight is 458 g/mol. The molecule has 0 N–H and O–H groups in total. The fraction of sp³-hybridized carbons (Fsp3) is 0.238. The molecular weight excluding hydrogens is 438 g/mol. The first-order valence-corrected chi connectivity index (χ1v) is 9.85. The first-order valence-electron chi connectivity index (χ1n) is 9.05. The summed E-state index contributed by atoms with van der Waals surface area (Å²) in [5, 5.41) is 4.77. The molecule has 8 heteroatoms. The Labute approximate surface area is 176 Å². The standard InChI is InChI=1S/C21H20BrN3O4/c1-4-28-21(27)13(2)29-17-8-5-15(6-9-17)12-23-25-14(3)24-19-10-7-16(22)11-18(19)20(25)26/h5-13H,4H2,1-3H3/t13-/m0/s1. The zero-order chi connectivity index (χ0) is 21.0. The minimum absolute atomic E-state index is 0.242. The van der Waals surface area contributed by atoms with Gasteiger partial charge in [0.1, 0.15) is 11.6 Å². The van der Waals surface area contributed by atoms with Crippen LogP contribution in [0.1, 0.15) is 25.2 Å². The highest BCUT2D eigenvalue weighted by Crippen LogP contribution is 2.16. The monoisotopic (exact) mass is 457 g/mol. The fourth-order valence-electron chi connectivity index (χ4n) is 2.66. The van der Waals surface area contributed by atoms with Crippen LogP contribution in [0.3, 0.4) is 0 Å². The second kappa shape index (κ2) is 9.00. The number of carbonyl (C=O) groups is 1. The number of hydrogen-bond donors (Lipinski definition) is 0. The van der Waals surface area contributed by atoms with Crippen LogP contribution in [0, 0.1) is 6.92 Å². The Morgan fingerprint density at radius 2 is 2.00 bits per heavy atom. The quantitative estimate of drug-likeness (QED) is 0.416. The molecule has 0 unspecified atom stereocenters. The smallest absolute Gasteiger partial charge is 0.347 e. The van der Waals surface area contributed by atoms with Crippen molar-refractivity contribution in [2.75, 3.05) is 6.61 Å². The third-order valence-corrected chi connectivity index (χ3v) is 4.60. The van der Waals surface area contributed by atoms with Gasteiger partial charge in [-0.25, -0.2) is 9.78 Å². The zero-order valence-electron chi connectivity index (χ0n) is 16.3. The lowest BCUT2D eigenvalue weighted by atomic mass is 10.2. The lowest BCUT2D eigenvalue weighted by Gasteiger charge is -2.13. The molecule has 0 radical (unpaired) electrons. The molecule has 0 aliphatic heterocycles. The highest BCUT2D eigenvalue weighted by atomic mass is 79.9. The third kappa shape index (κ3) is 4.89. The highest BCUT2D eigenvalue weighted by molar-refractivity contribution is 9.10. The van der Waals surface area contributed by atoms with Crippen molar-refractivity contribution >= 4 is 39.0 Å². The summed E-state index contributed by atoms with van der Waals surface area (Å²) < 4.78 is 12.5. The molecule has 1 heterocycles. The maximum atomic E-state index is 12.7. The third-order valence-electron chi connectivity index (χ3n) is 4.10. The number of fused-ring (bicyclic) bond motifs is 1. The van der Waals surface area contributed by atoms with E-state index in [1.807, 2.05) is 6.07 Å². The molecule has 0 saturated carbocycles. The number of aryl methyl sites for hydroxylation is 1. The summed E-state index contributed by atoms with van der Waals surface area (Å²) >= 11 is 3.37. The molecule has 3 rings (SSSR count). The van der Waals surface area contributed by atoms with E-state index >= 15 is 0 Å². The van der Waals surface area contributed by atoms with Gasteiger partial charge in [-0.3, -0.25) is 4.79 Å². The number of halogens is 1. The van der Waals surface area contributed by atoms with Crippen molar-refractivity contribution in [3.05, 3.63) is 68.7 Å². The molecule has 3 aromatic rings. The molecule has 150 valence electrons. The summed E-state index contributed by atoms with van der Waals surface area (Å²) in [6.45, 7) is 5.42. The summed E-state index contributed by atoms with van der Waals surface area (Å²) in [7, 11) is 0. The fourth-order valence-corrected chi connectivity index (χ4v) is 3.03. The molecule has 0 amide bonds. The summed E-state index contributed by atoms with van der Waals surface area (Å²) in [6.07, 6.45) is 0.872. The molecule has 0 spiro atoms. The van der Waals surface area contributed by atoms with Crippen LogP contribution in [0.25, 0.3) is 10.9 Å². The van der Waals surface area contributed by atoms with E-state index in [9.17, 15) is 9.59 Å². The van der Waals surface area contributed by atoms with Gasteiger partial charge in [-0.05, 0) is 68.8 Å². The lowest BCUT2D eigenvalue weighted by molar-refractivity contribution is -0.150. The predicted molar refractivity (Wildman–Crippen MR) is 115 cm³/mol. The molecule has 1 atom stereocenters. The van der Waals surface area contributed by atoms with Crippen LogP contribution in [0.4, 0.5) is 0 Å². The van der Waals surface area contributed by atoms with Crippen LogP contribution in [0.15, 0.2) is 56.8 Å². The number of benzene rings is 2. The predicted octanol–water partition coefficient (Wildman–Crippen LogP) is 3.68.